The first-order valence-electron chi connectivity index (χ1n) is 10.1. The maximum absolute atomic E-state index is 13.1. The van der Waals surface area contributed by atoms with Gasteiger partial charge in [-0.2, -0.15) is 4.31 Å². The number of hydrogen-bond acceptors (Lipinski definition) is 5. The van der Waals surface area contributed by atoms with Crippen molar-refractivity contribution < 1.29 is 27.1 Å². The van der Waals surface area contributed by atoms with E-state index in [-0.39, 0.29) is 36.4 Å². The number of halogens is 1. The summed E-state index contributed by atoms with van der Waals surface area (Å²) in [6.45, 7) is 4.22. The predicted octanol–water partition coefficient (Wildman–Crippen LogP) is 3.35. The number of anilines is 1. The van der Waals surface area contributed by atoms with Crippen LogP contribution in [0.2, 0.25) is 0 Å². The van der Waals surface area contributed by atoms with Crippen molar-refractivity contribution in [3.63, 3.8) is 0 Å². The Labute approximate surface area is 181 Å². The van der Waals surface area contributed by atoms with E-state index in [4.69, 9.17) is 4.74 Å². The molecule has 166 valence electrons. The molecule has 1 heterocycles. The highest BCUT2D eigenvalue weighted by atomic mass is 32.2. The number of carbonyl (C=O) groups is 2. The number of ether oxygens (including phenoxy) is 1. The Morgan fingerprint density at radius 1 is 1.13 bits per heavy atom. The minimum absolute atomic E-state index is 0.0362. The average molecular weight is 449 g/mol. The molecule has 0 saturated carbocycles. The van der Waals surface area contributed by atoms with Gasteiger partial charge in [0.15, 0.2) is 0 Å². The van der Waals surface area contributed by atoms with Gasteiger partial charge in [0, 0.05) is 24.7 Å². The smallest absolute Gasteiger partial charge is 0.338 e. The Hall–Kier alpha value is -2.78. The van der Waals surface area contributed by atoms with E-state index in [1.165, 1.54) is 16.4 Å². The summed E-state index contributed by atoms with van der Waals surface area (Å²) >= 11 is 0. The van der Waals surface area contributed by atoms with Crippen LogP contribution in [0.3, 0.4) is 0 Å². The number of sulfonamides is 1. The van der Waals surface area contributed by atoms with Gasteiger partial charge in [0.25, 0.3) is 0 Å². The number of rotatable bonds is 6. The Morgan fingerprint density at radius 3 is 2.35 bits per heavy atom. The van der Waals surface area contributed by atoms with Gasteiger partial charge in [0.1, 0.15) is 5.82 Å². The number of piperidine rings is 1. The molecule has 1 fully saturated rings. The van der Waals surface area contributed by atoms with Crippen molar-refractivity contribution in [3.05, 3.63) is 59.4 Å². The van der Waals surface area contributed by atoms with Crippen LogP contribution in [-0.4, -0.2) is 44.3 Å². The first-order chi connectivity index (χ1) is 14.7. The van der Waals surface area contributed by atoms with Gasteiger partial charge in [-0.05, 0) is 74.7 Å². The van der Waals surface area contributed by atoms with E-state index in [0.717, 1.165) is 17.7 Å². The monoisotopic (exact) mass is 448 g/mol. The van der Waals surface area contributed by atoms with E-state index in [1.807, 2.05) is 0 Å². The number of esters is 1. The van der Waals surface area contributed by atoms with Gasteiger partial charge in [-0.15, -0.1) is 0 Å². The highest BCUT2D eigenvalue weighted by molar-refractivity contribution is 7.89. The van der Waals surface area contributed by atoms with Crippen LogP contribution in [0.25, 0.3) is 0 Å². The molecule has 1 aliphatic rings. The zero-order chi connectivity index (χ0) is 22.6. The molecule has 9 heteroatoms. The molecule has 2 aromatic rings. The third-order valence-corrected chi connectivity index (χ3v) is 7.18. The molecule has 0 aromatic heterocycles. The van der Waals surface area contributed by atoms with Crippen LogP contribution in [-0.2, 0) is 19.6 Å². The zero-order valence-corrected chi connectivity index (χ0v) is 18.2. The standard InChI is InChI=1S/C22H25FN2O5S/c1-3-30-22(27)17-4-9-20(15(2)14-17)24-21(26)16-10-12-25(13-11-16)31(28,29)19-7-5-18(23)6-8-19/h4-9,14,16H,3,10-13H2,1-2H3,(H,24,26). The van der Waals surface area contributed by atoms with Gasteiger partial charge in [0.2, 0.25) is 15.9 Å². The highest BCUT2D eigenvalue weighted by Crippen LogP contribution is 2.26. The number of hydrogen-bond donors (Lipinski definition) is 1. The molecular weight excluding hydrogens is 423 g/mol. The molecule has 0 bridgehead atoms. The van der Waals surface area contributed by atoms with E-state index < -0.39 is 21.8 Å². The first-order valence-corrected chi connectivity index (χ1v) is 11.5. The van der Waals surface area contributed by atoms with Gasteiger partial charge in [-0.25, -0.2) is 17.6 Å². The second-order valence-electron chi connectivity index (χ2n) is 7.37. The molecule has 1 aliphatic heterocycles. The quantitative estimate of drug-likeness (QED) is 0.684. The summed E-state index contributed by atoms with van der Waals surface area (Å²) in [6, 6.07) is 9.63. The van der Waals surface area contributed by atoms with Crippen molar-refractivity contribution in [2.45, 2.75) is 31.6 Å². The molecule has 7 nitrogen and oxygen atoms in total. The summed E-state index contributed by atoms with van der Waals surface area (Å²) in [5.41, 5.74) is 1.74. The van der Waals surface area contributed by atoms with Crippen molar-refractivity contribution in [2.75, 3.05) is 25.0 Å². The summed E-state index contributed by atoms with van der Waals surface area (Å²) in [7, 11) is -3.72. The van der Waals surface area contributed by atoms with E-state index in [0.29, 0.717) is 24.1 Å². The van der Waals surface area contributed by atoms with Crippen LogP contribution in [0.4, 0.5) is 10.1 Å². The third-order valence-electron chi connectivity index (χ3n) is 5.27. The summed E-state index contributed by atoms with van der Waals surface area (Å²) < 4.78 is 44.8. The van der Waals surface area contributed by atoms with Crippen molar-refractivity contribution in [2.24, 2.45) is 5.92 Å². The molecule has 1 amide bonds. The summed E-state index contributed by atoms with van der Waals surface area (Å²) in [4.78, 5) is 24.6. The topological polar surface area (TPSA) is 92.8 Å². The van der Waals surface area contributed by atoms with E-state index in [2.05, 4.69) is 5.32 Å². The lowest BCUT2D eigenvalue weighted by Crippen LogP contribution is -2.41. The van der Waals surface area contributed by atoms with Crippen LogP contribution in [0.15, 0.2) is 47.4 Å². The molecule has 31 heavy (non-hydrogen) atoms. The van der Waals surface area contributed by atoms with Gasteiger partial charge < -0.3 is 10.1 Å². The average Bonchev–Trinajstić information content (AvgIpc) is 2.75. The number of carbonyl (C=O) groups excluding carboxylic acids is 2. The molecule has 0 spiro atoms. The first kappa shape index (κ1) is 22.9. The van der Waals surface area contributed by atoms with E-state index in [1.54, 1.807) is 32.0 Å². The maximum atomic E-state index is 13.1. The Bertz CT molecular complexity index is 1060. The van der Waals surface area contributed by atoms with E-state index in [9.17, 15) is 22.4 Å². The molecule has 3 rings (SSSR count). The Morgan fingerprint density at radius 2 is 1.77 bits per heavy atom. The zero-order valence-electron chi connectivity index (χ0n) is 17.4. The van der Waals surface area contributed by atoms with Crippen LogP contribution in [0, 0.1) is 18.7 Å². The lowest BCUT2D eigenvalue weighted by molar-refractivity contribution is -0.120. The van der Waals surface area contributed by atoms with Crippen LogP contribution in [0.1, 0.15) is 35.7 Å². The Kier molecular flexibility index (Phi) is 7.07. The summed E-state index contributed by atoms with van der Waals surface area (Å²) in [6.07, 6.45) is 0.762. The summed E-state index contributed by atoms with van der Waals surface area (Å²) in [5, 5.41) is 2.87. The van der Waals surface area contributed by atoms with Crippen LogP contribution < -0.4 is 5.32 Å². The highest BCUT2D eigenvalue weighted by Gasteiger charge is 2.32. The van der Waals surface area contributed by atoms with Gasteiger partial charge >= 0.3 is 5.97 Å². The fourth-order valence-corrected chi connectivity index (χ4v) is 4.96. The normalized spacial score (nSPS) is 15.5. The van der Waals surface area contributed by atoms with Gasteiger partial charge in [0.05, 0.1) is 17.1 Å². The van der Waals surface area contributed by atoms with Crippen LogP contribution >= 0.6 is 0 Å². The molecule has 0 atom stereocenters. The van der Waals surface area contributed by atoms with Gasteiger partial charge in [-0.3, -0.25) is 4.79 Å². The molecule has 0 unspecified atom stereocenters. The molecule has 1 saturated heterocycles. The van der Waals surface area contributed by atoms with Crippen molar-refractivity contribution in [1.29, 1.82) is 0 Å². The summed E-state index contributed by atoms with van der Waals surface area (Å²) in [5.74, 6) is -1.44. The SMILES string of the molecule is CCOC(=O)c1ccc(NC(=O)C2CCN(S(=O)(=O)c3ccc(F)cc3)CC2)c(C)c1. The molecular formula is C22H25FN2O5S. The fraction of sp³-hybridized carbons (Fsp3) is 0.364. The predicted molar refractivity (Wildman–Crippen MR) is 114 cm³/mol. The van der Waals surface area contributed by atoms with E-state index >= 15 is 0 Å². The Balaban J connectivity index is 1.60. The lowest BCUT2D eigenvalue weighted by Gasteiger charge is -2.30. The second-order valence-corrected chi connectivity index (χ2v) is 9.31. The molecule has 2 aromatic carbocycles. The molecule has 1 N–H and O–H groups in total. The number of nitrogens with one attached hydrogen (secondary N) is 1. The van der Waals surface area contributed by atoms with Crippen molar-refractivity contribution in [1.82, 2.24) is 4.31 Å². The lowest BCUT2D eigenvalue weighted by atomic mass is 9.97. The molecule has 0 aliphatic carbocycles. The minimum atomic E-state index is -3.72. The largest absolute Gasteiger partial charge is 0.462 e. The third kappa shape index (κ3) is 5.29. The number of nitrogens with zero attached hydrogens (tertiary/aromatic N) is 1. The van der Waals surface area contributed by atoms with Gasteiger partial charge in [-0.1, -0.05) is 0 Å². The second kappa shape index (κ2) is 9.57. The fourth-order valence-electron chi connectivity index (χ4n) is 3.49. The molecule has 0 radical (unpaired) electrons. The van der Waals surface area contributed by atoms with Crippen LogP contribution in [0.5, 0.6) is 0 Å². The minimum Gasteiger partial charge on any atom is -0.462 e. The number of amides is 1. The number of benzene rings is 2. The van der Waals surface area contributed by atoms with Crippen molar-refractivity contribution >= 4 is 27.6 Å². The maximum Gasteiger partial charge on any atom is 0.338 e. The van der Waals surface area contributed by atoms with Crippen molar-refractivity contribution in [3.8, 4) is 0 Å². The number of aryl methyl sites for hydroxylation is 1.